The molecule has 1 amide bonds. The summed E-state index contributed by atoms with van der Waals surface area (Å²) in [6.45, 7) is 7.45. The Kier molecular flexibility index (Phi) is 6.73. The highest BCUT2D eigenvalue weighted by atomic mass is 16.5. The van der Waals surface area contributed by atoms with E-state index in [-0.39, 0.29) is 17.8 Å². The van der Waals surface area contributed by atoms with E-state index in [0.29, 0.717) is 24.4 Å². The molecule has 0 aliphatic heterocycles. The minimum atomic E-state index is -0.356. The summed E-state index contributed by atoms with van der Waals surface area (Å²) in [5.41, 5.74) is 1.15. The first-order valence-corrected chi connectivity index (χ1v) is 6.87. The molecule has 1 rings (SSSR count). The normalized spacial score (nSPS) is 11.8. The van der Waals surface area contributed by atoms with E-state index in [4.69, 9.17) is 4.74 Å². The summed E-state index contributed by atoms with van der Waals surface area (Å²) in [5.74, 6) is -0.514. The van der Waals surface area contributed by atoms with Crippen LogP contribution < -0.4 is 10.6 Å². The summed E-state index contributed by atoms with van der Waals surface area (Å²) in [5, 5.41) is 5.95. The van der Waals surface area contributed by atoms with Gasteiger partial charge in [-0.1, -0.05) is 13.8 Å². The number of hydrogen-bond donors (Lipinski definition) is 2. The molecule has 0 radical (unpaired) electrons. The van der Waals surface area contributed by atoms with Crippen LogP contribution in [0.15, 0.2) is 24.3 Å². The molecule has 0 aliphatic rings. The topological polar surface area (TPSA) is 67.4 Å². The lowest BCUT2D eigenvalue weighted by atomic mass is 10.1. The van der Waals surface area contributed by atoms with E-state index in [0.717, 1.165) is 6.54 Å². The van der Waals surface area contributed by atoms with Gasteiger partial charge < -0.3 is 15.4 Å². The van der Waals surface area contributed by atoms with Gasteiger partial charge in [0.1, 0.15) is 0 Å². The van der Waals surface area contributed by atoms with Gasteiger partial charge in [0, 0.05) is 18.2 Å². The van der Waals surface area contributed by atoms with Gasteiger partial charge in [-0.2, -0.15) is 0 Å². The zero-order valence-corrected chi connectivity index (χ0v) is 12.2. The summed E-state index contributed by atoms with van der Waals surface area (Å²) in [6, 6.07) is 6.68. The van der Waals surface area contributed by atoms with Crippen LogP contribution in [-0.2, 0) is 9.53 Å². The van der Waals surface area contributed by atoms with Crippen molar-refractivity contribution in [2.24, 2.45) is 5.92 Å². The molecular weight excluding hydrogens is 256 g/mol. The van der Waals surface area contributed by atoms with Gasteiger partial charge in [0.05, 0.1) is 12.2 Å². The van der Waals surface area contributed by atoms with Crippen LogP contribution in [-0.4, -0.2) is 31.6 Å². The van der Waals surface area contributed by atoms with Crippen LogP contribution in [0.25, 0.3) is 0 Å². The first-order valence-electron chi connectivity index (χ1n) is 6.87. The average molecular weight is 278 g/mol. The highest BCUT2D eigenvalue weighted by molar-refractivity contribution is 5.94. The van der Waals surface area contributed by atoms with Gasteiger partial charge in [-0.25, -0.2) is 4.79 Å². The first kappa shape index (κ1) is 16.2. The summed E-state index contributed by atoms with van der Waals surface area (Å²) < 4.78 is 4.90. The third kappa shape index (κ3) is 5.01. The Morgan fingerprint density at radius 1 is 1.20 bits per heavy atom. The number of esters is 1. The number of hydrogen-bond acceptors (Lipinski definition) is 4. The minimum absolute atomic E-state index is 0.0464. The Morgan fingerprint density at radius 2 is 1.85 bits per heavy atom. The molecule has 0 bridgehead atoms. The molecule has 5 heteroatoms. The van der Waals surface area contributed by atoms with Crippen LogP contribution in [0.4, 0.5) is 5.69 Å². The second kappa shape index (κ2) is 8.32. The number of carbonyl (C=O) groups is 2. The van der Waals surface area contributed by atoms with Crippen molar-refractivity contribution in [1.82, 2.24) is 5.32 Å². The number of ether oxygens (including phenoxy) is 1. The summed E-state index contributed by atoms with van der Waals surface area (Å²) >= 11 is 0. The Morgan fingerprint density at radius 3 is 2.40 bits per heavy atom. The van der Waals surface area contributed by atoms with Crippen molar-refractivity contribution in [3.05, 3.63) is 29.8 Å². The number of amides is 1. The van der Waals surface area contributed by atoms with Gasteiger partial charge in [-0.15, -0.1) is 0 Å². The summed E-state index contributed by atoms with van der Waals surface area (Å²) in [4.78, 5) is 23.4. The Bertz CT molecular complexity index is 443. The number of anilines is 1. The van der Waals surface area contributed by atoms with Crippen LogP contribution in [0.2, 0.25) is 0 Å². The SMILES string of the molecule is CCNCC(C)C(=O)Nc1ccc(C(=O)OCC)cc1. The van der Waals surface area contributed by atoms with Crippen molar-refractivity contribution < 1.29 is 14.3 Å². The number of benzene rings is 1. The van der Waals surface area contributed by atoms with Crippen LogP contribution in [0, 0.1) is 5.92 Å². The average Bonchev–Trinajstić information content (AvgIpc) is 2.45. The molecular formula is C15H22N2O3. The van der Waals surface area contributed by atoms with E-state index in [9.17, 15) is 9.59 Å². The maximum absolute atomic E-state index is 11.9. The fraction of sp³-hybridized carbons (Fsp3) is 0.467. The summed E-state index contributed by atoms with van der Waals surface area (Å²) in [7, 11) is 0. The molecule has 0 fully saturated rings. The zero-order chi connectivity index (χ0) is 15.0. The molecule has 0 aromatic heterocycles. The molecule has 1 atom stereocenters. The lowest BCUT2D eigenvalue weighted by Gasteiger charge is -2.12. The lowest BCUT2D eigenvalue weighted by Crippen LogP contribution is -2.30. The maximum Gasteiger partial charge on any atom is 0.338 e. The second-order valence-corrected chi connectivity index (χ2v) is 4.50. The lowest BCUT2D eigenvalue weighted by molar-refractivity contribution is -0.119. The monoisotopic (exact) mass is 278 g/mol. The molecule has 1 aromatic rings. The predicted molar refractivity (Wildman–Crippen MR) is 78.7 cm³/mol. The molecule has 0 saturated heterocycles. The molecule has 110 valence electrons. The molecule has 0 saturated carbocycles. The second-order valence-electron chi connectivity index (χ2n) is 4.50. The summed E-state index contributed by atoms with van der Waals surface area (Å²) in [6.07, 6.45) is 0. The van der Waals surface area contributed by atoms with Crippen molar-refractivity contribution in [2.75, 3.05) is 25.0 Å². The molecule has 2 N–H and O–H groups in total. The van der Waals surface area contributed by atoms with E-state index < -0.39 is 0 Å². The maximum atomic E-state index is 11.9. The van der Waals surface area contributed by atoms with E-state index >= 15 is 0 Å². The standard InChI is InChI=1S/C15H22N2O3/c1-4-16-10-11(3)14(18)17-13-8-6-12(7-9-13)15(19)20-5-2/h6-9,11,16H,4-5,10H2,1-3H3,(H,17,18). The molecule has 5 nitrogen and oxygen atoms in total. The van der Waals surface area contributed by atoms with Crippen molar-refractivity contribution in [2.45, 2.75) is 20.8 Å². The van der Waals surface area contributed by atoms with Gasteiger partial charge in [0.15, 0.2) is 0 Å². The Balaban J connectivity index is 2.56. The van der Waals surface area contributed by atoms with Crippen molar-refractivity contribution in [3.63, 3.8) is 0 Å². The first-order chi connectivity index (χ1) is 9.58. The fourth-order valence-electron chi connectivity index (χ4n) is 1.62. The number of carbonyl (C=O) groups excluding carboxylic acids is 2. The number of rotatable bonds is 7. The third-order valence-corrected chi connectivity index (χ3v) is 2.81. The van der Waals surface area contributed by atoms with Crippen molar-refractivity contribution >= 4 is 17.6 Å². The van der Waals surface area contributed by atoms with Crippen molar-refractivity contribution in [1.29, 1.82) is 0 Å². The highest BCUT2D eigenvalue weighted by Crippen LogP contribution is 2.11. The predicted octanol–water partition coefficient (Wildman–Crippen LogP) is 2.05. The molecule has 1 unspecified atom stereocenters. The van der Waals surface area contributed by atoms with Crippen LogP contribution in [0.1, 0.15) is 31.1 Å². The highest BCUT2D eigenvalue weighted by Gasteiger charge is 2.12. The van der Waals surface area contributed by atoms with E-state index in [1.807, 2.05) is 13.8 Å². The molecule has 0 spiro atoms. The fourth-order valence-corrected chi connectivity index (χ4v) is 1.62. The molecule has 0 aliphatic carbocycles. The Labute approximate surface area is 119 Å². The van der Waals surface area contributed by atoms with Crippen LogP contribution in [0.3, 0.4) is 0 Å². The van der Waals surface area contributed by atoms with Gasteiger partial charge in [0.2, 0.25) is 5.91 Å². The Hall–Kier alpha value is -1.88. The van der Waals surface area contributed by atoms with Crippen LogP contribution in [0.5, 0.6) is 0 Å². The third-order valence-electron chi connectivity index (χ3n) is 2.81. The van der Waals surface area contributed by atoms with E-state index in [1.165, 1.54) is 0 Å². The smallest absolute Gasteiger partial charge is 0.338 e. The molecule has 20 heavy (non-hydrogen) atoms. The van der Waals surface area contributed by atoms with E-state index in [2.05, 4.69) is 10.6 Å². The van der Waals surface area contributed by atoms with Gasteiger partial charge in [-0.3, -0.25) is 4.79 Å². The zero-order valence-electron chi connectivity index (χ0n) is 12.2. The van der Waals surface area contributed by atoms with Gasteiger partial charge in [-0.05, 0) is 37.7 Å². The molecule has 0 heterocycles. The van der Waals surface area contributed by atoms with Crippen LogP contribution >= 0.6 is 0 Å². The van der Waals surface area contributed by atoms with Gasteiger partial charge in [0.25, 0.3) is 0 Å². The quantitative estimate of drug-likeness (QED) is 0.749. The number of nitrogens with one attached hydrogen (secondary N) is 2. The minimum Gasteiger partial charge on any atom is -0.462 e. The van der Waals surface area contributed by atoms with Crippen molar-refractivity contribution in [3.8, 4) is 0 Å². The molecule has 1 aromatic carbocycles. The van der Waals surface area contributed by atoms with Gasteiger partial charge >= 0.3 is 5.97 Å². The largest absolute Gasteiger partial charge is 0.462 e. The van der Waals surface area contributed by atoms with E-state index in [1.54, 1.807) is 31.2 Å².